The molecule has 190 valence electrons. The second-order valence-corrected chi connectivity index (χ2v) is 9.14. The van der Waals surface area contributed by atoms with Gasteiger partial charge in [0.15, 0.2) is 0 Å². The molecule has 1 fully saturated rings. The molecule has 1 aromatic heterocycles. The molecular weight excluding hydrogens is 482 g/mol. The molecule has 0 saturated carbocycles. The van der Waals surface area contributed by atoms with Crippen LogP contribution in [0.25, 0.3) is 11.4 Å². The molecule has 2 amide bonds. The van der Waals surface area contributed by atoms with Crippen LogP contribution in [0.2, 0.25) is 5.02 Å². The molecule has 0 atom stereocenters. The second kappa shape index (κ2) is 12.6. The summed E-state index contributed by atoms with van der Waals surface area (Å²) in [6.45, 7) is 3.08. The minimum absolute atomic E-state index is 0.0721. The molecule has 3 aromatic rings. The third-order valence-corrected chi connectivity index (χ3v) is 6.38. The van der Waals surface area contributed by atoms with Gasteiger partial charge in [0.05, 0.1) is 17.8 Å². The molecule has 0 radical (unpaired) electrons. The highest BCUT2D eigenvalue weighted by Gasteiger charge is 2.27. The number of ether oxygens (including phenoxy) is 1. The topological polar surface area (TPSA) is 110 Å². The van der Waals surface area contributed by atoms with Gasteiger partial charge in [0.2, 0.25) is 17.6 Å². The van der Waals surface area contributed by atoms with E-state index in [-0.39, 0.29) is 17.7 Å². The van der Waals surface area contributed by atoms with Crippen LogP contribution in [0, 0.1) is 5.92 Å². The number of carbonyl (C=O) groups is 2. The summed E-state index contributed by atoms with van der Waals surface area (Å²) < 4.78 is 10.4. The van der Waals surface area contributed by atoms with Gasteiger partial charge in [-0.25, -0.2) is 0 Å². The predicted molar refractivity (Wildman–Crippen MR) is 137 cm³/mol. The summed E-state index contributed by atoms with van der Waals surface area (Å²) in [4.78, 5) is 32.2. The van der Waals surface area contributed by atoms with E-state index in [1.54, 1.807) is 37.4 Å². The highest BCUT2D eigenvalue weighted by Crippen LogP contribution is 2.23. The minimum atomic E-state index is -0.214. The summed E-state index contributed by atoms with van der Waals surface area (Å²) >= 11 is 5.94. The molecule has 0 unspecified atom stereocenters. The molecule has 2 heterocycles. The summed E-state index contributed by atoms with van der Waals surface area (Å²) in [5, 5.41) is 10.5. The summed E-state index contributed by atoms with van der Waals surface area (Å²) in [5.41, 5.74) is 1.82. The number of amides is 2. The number of piperidine rings is 1. The molecule has 36 heavy (non-hydrogen) atoms. The van der Waals surface area contributed by atoms with Crippen molar-refractivity contribution in [3.8, 4) is 11.4 Å². The first-order valence-electron chi connectivity index (χ1n) is 12.0. The molecule has 1 aliphatic rings. The van der Waals surface area contributed by atoms with Crippen LogP contribution < -0.4 is 10.6 Å². The molecule has 9 nitrogen and oxygen atoms in total. The Hall–Kier alpha value is -3.27. The van der Waals surface area contributed by atoms with Gasteiger partial charge < -0.3 is 19.9 Å². The van der Waals surface area contributed by atoms with Gasteiger partial charge in [-0.05, 0) is 68.8 Å². The monoisotopic (exact) mass is 511 g/mol. The van der Waals surface area contributed by atoms with E-state index < -0.39 is 0 Å². The van der Waals surface area contributed by atoms with Crippen molar-refractivity contribution >= 4 is 29.1 Å². The quantitative estimate of drug-likeness (QED) is 0.396. The molecular formula is C26H30ClN5O4. The Balaban J connectivity index is 1.27. The van der Waals surface area contributed by atoms with Crippen LogP contribution in [0.1, 0.15) is 35.5 Å². The zero-order valence-corrected chi connectivity index (χ0v) is 21.0. The molecule has 4 rings (SSSR count). The number of halogens is 1. The predicted octanol–water partition coefficient (Wildman–Crippen LogP) is 4.01. The lowest BCUT2D eigenvalue weighted by molar-refractivity contribution is -0.121. The van der Waals surface area contributed by atoms with Gasteiger partial charge in [0.1, 0.15) is 0 Å². The second-order valence-electron chi connectivity index (χ2n) is 8.71. The maximum atomic E-state index is 13.0. The van der Waals surface area contributed by atoms with Crippen LogP contribution in [0.5, 0.6) is 0 Å². The van der Waals surface area contributed by atoms with E-state index in [1.165, 1.54) is 0 Å². The van der Waals surface area contributed by atoms with Gasteiger partial charge in [-0.1, -0.05) is 28.9 Å². The maximum absolute atomic E-state index is 13.0. The number of methoxy groups -OCH3 is 1. The average Bonchev–Trinajstić information content (AvgIpc) is 3.36. The van der Waals surface area contributed by atoms with Crippen molar-refractivity contribution in [3.63, 3.8) is 0 Å². The van der Waals surface area contributed by atoms with Crippen LogP contribution in [0.4, 0.5) is 5.69 Å². The standard InChI is InChI=1S/C26H30ClN5O4/c1-35-16-4-13-28-26(34)21-5-2-3-6-22(21)29-25(33)19-11-14-32(15-12-19)17-23-30-24(31-36-23)18-7-9-20(27)10-8-18/h2-3,5-10,19H,4,11-17H2,1H3,(H,28,34)(H,29,33). The number of aromatic nitrogens is 2. The summed E-state index contributed by atoms with van der Waals surface area (Å²) in [7, 11) is 1.63. The van der Waals surface area contributed by atoms with Gasteiger partial charge >= 0.3 is 0 Å². The van der Waals surface area contributed by atoms with Gasteiger partial charge in [-0.15, -0.1) is 0 Å². The zero-order chi connectivity index (χ0) is 25.3. The van der Waals surface area contributed by atoms with Gasteiger partial charge in [-0.3, -0.25) is 14.5 Å². The Morgan fingerprint density at radius 3 is 2.64 bits per heavy atom. The fourth-order valence-corrected chi connectivity index (χ4v) is 4.24. The van der Waals surface area contributed by atoms with Crippen molar-refractivity contribution in [3.05, 3.63) is 65.0 Å². The van der Waals surface area contributed by atoms with E-state index in [9.17, 15) is 9.59 Å². The van der Waals surface area contributed by atoms with Gasteiger partial charge in [0, 0.05) is 36.8 Å². The third-order valence-electron chi connectivity index (χ3n) is 6.13. The van der Waals surface area contributed by atoms with Crippen molar-refractivity contribution in [1.82, 2.24) is 20.4 Å². The molecule has 2 aromatic carbocycles. The largest absolute Gasteiger partial charge is 0.385 e. The van der Waals surface area contributed by atoms with Crippen LogP contribution in [-0.2, 0) is 16.1 Å². The Bertz CT molecular complexity index is 1160. The van der Waals surface area contributed by atoms with E-state index in [2.05, 4.69) is 25.7 Å². The molecule has 0 aliphatic carbocycles. The van der Waals surface area contributed by atoms with E-state index in [1.807, 2.05) is 18.2 Å². The normalized spacial score (nSPS) is 14.5. The first-order valence-corrected chi connectivity index (χ1v) is 12.4. The fourth-order valence-electron chi connectivity index (χ4n) is 4.12. The number of para-hydroxylation sites is 1. The summed E-state index contributed by atoms with van der Waals surface area (Å²) in [5.74, 6) is 0.642. The maximum Gasteiger partial charge on any atom is 0.253 e. The highest BCUT2D eigenvalue weighted by atomic mass is 35.5. The Morgan fingerprint density at radius 2 is 1.89 bits per heavy atom. The van der Waals surface area contributed by atoms with Crippen LogP contribution in [0.3, 0.4) is 0 Å². The summed E-state index contributed by atoms with van der Waals surface area (Å²) in [6, 6.07) is 14.3. The van der Waals surface area contributed by atoms with Crippen molar-refractivity contribution in [2.45, 2.75) is 25.8 Å². The molecule has 10 heteroatoms. The van der Waals surface area contributed by atoms with E-state index >= 15 is 0 Å². The van der Waals surface area contributed by atoms with Crippen molar-refractivity contribution in [2.75, 3.05) is 38.7 Å². The number of likely N-dealkylation sites (tertiary alicyclic amines) is 1. The van der Waals surface area contributed by atoms with Gasteiger partial charge in [-0.2, -0.15) is 4.98 Å². The molecule has 0 bridgehead atoms. The minimum Gasteiger partial charge on any atom is -0.385 e. The average molecular weight is 512 g/mol. The molecule has 1 aliphatic heterocycles. The number of nitrogens with zero attached hydrogens (tertiary/aromatic N) is 3. The lowest BCUT2D eigenvalue weighted by Crippen LogP contribution is -2.38. The highest BCUT2D eigenvalue weighted by molar-refractivity contribution is 6.30. The Morgan fingerprint density at radius 1 is 1.14 bits per heavy atom. The number of benzene rings is 2. The molecule has 2 N–H and O–H groups in total. The summed E-state index contributed by atoms with van der Waals surface area (Å²) in [6.07, 6.45) is 2.13. The first kappa shape index (κ1) is 25.8. The number of carbonyl (C=O) groups excluding carboxylic acids is 2. The lowest BCUT2D eigenvalue weighted by Gasteiger charge is -2.30. The number of hydrogen-bond acceptors (Lipinski definition) is 7. The van der Waals surface area contributed by atoms with E-state index in [0.717, 1.165) is 25.1 Å². The van der Waals surface area contributed by atoms with Crippen molar-refractivity contribution in [2.24, 2.45) is 5.92 Å². The molecule has 1 saturated heterocycles. The number of nitrogens with one attached hydrogen (secondary N) is 2. The SMILES string of the molecule is COCCCNC(=O)c1ccccc1NC(=O)C1CCN(Cc2nc(-c3ccc(Cl)cc3)no2)CC1. The third kappa shape index (κ3) is 6.90. The first-order chi connectivity index (χ1) is 17.5. The number of anilines is 1. The smallest absolute Gasteiger partial charge is 0.253 e. The van der Waals surface area contributed by atoms with Crippen LogP contribution in [0.15, 0.2) is 53.1 Å². The van der Waals surface area contributed by atoms with E-state index in [4.69, 9.17) is 20.9 Å². The van der Waals surface area contributed by atoms with Crippen molar-refractivity contribution < 1.29 is 18.8 Å². The Kier molecular flexibility index (Phi) is 9.05. The van der Waals surface area contributed by atoms with Crippen molar-refractivity contribution in [1.29, 1.82) is 0 Å². The number of rotatable bonds is 10. The number of hydrogen-bond donors (Lipinski definition) is 2. The van der Waals surface area contributed by atoms with Crippen LogP contribution in [-0.4, -0.2) is 60.2 Å². The van der Waals surface area contributed by atoms with Gasteiger partial charge in [0.25, 0.3) is 5.91 Å². The Labute approximate surface area is 215 Å². The molecule has 0 spiro atoms. The lowest BCUT2D eigenvalue weighted by atomic mass is 9.95. The zero-order valence-electron chi connectivity index (χ0n) is 20.2. The fraction of sp³-hybridized carbons (Fsp3) is 0.385. The van der Waals surface area contributed by atoms with Crippen LogP contribution >= 0.6 is 11.6 Å². The van der Waals surface area contributed by atoms with E-state index in [0.29, 0.717) is 60.5 Å².